The quantitative estimate of drug-likeness (QED) is 0.168. The Morgan fingerprint density at radius 2 is 1.72 bits per heavy atom. The molecular weight excluding hydrogens is 620 g/mol. The van der Waals surface area contributed by atoms with Gasteiger partial charge in [-0.1, -0.05) is 24.6 Å². The summed E-state index contributed by atoms with van der Waals surface area (Å²) >= 11 is 6.41. The maximum atomic E-state index is 6.41. The van der Waals surface area contributed by atoms with Crippen LogP contribution in [0.4, 0.5) is 11.6 Å². The largest absolute Gasteiger partial charge is 0.487 e. The van der Waals surface area contributed by atoms with Gasteiger partial charge < -0.3 is 30.0 Å². The molecule has 254 valence electrons. The molecule has 3 aromatic rings. The van der Waals surface area contributed by atoms with Crippen LogP contribution in [0.3, 0.4) is 0 Å². The first-order chi connectivity index (χ1) is 22.9. The smallest absolute Gasteiger partial charge is 0.256 e. The molecule has 4 heterocycles. The molecule has 3 N–H and O–H groups in total. The van der Waals surface area contributed by atoms with Crippen LogP contribution in [-0.4, -0.2) is 95.3 Å². The molecule has 1 saturated carbocycles. The number of nitrogens with zero attached hydrogens (tertiary/aromatic N) is 6. The first kappa shape index (κ1) is 33.5. The van der Waals surface area contributed by atoms with Crippen LogP contribution in [0.1, 0.15) is 58.4 Å². The van der Waals surface area contributed by atoms with E-state index in [4.69, 9.17) is 41.4 Å². The molecule has 2 aliphatic heterocycles. The Morgan fingerprint density at radius 1 is 1.02 bits per heavy atom. The minimum atomic E-state index is -0.185. The number of hydrogen-bond donors (Lipinski definition) is 2. The van der Waals surface area contributed by atoms with Crippen molar-refractivity contribution in [2.45, 2.75) is 82.6 Å². The number of nitrogens with two attached hydrogens (primary N) is 1. The molecule has 0 spiro atoms. The average molecular weight is 667 g/mol. The number of benzene rings is 1. The number of halogens is 1. The molecule has 4 atom stereocenters. The summed E-state index contributed by atoms with van der Waals surface area (Å²) in [6, 6.07) is 7.74. The van der Waals surface area contributed by atoms with Crippen LogP contribution in [0.25, 0.3) is 11.1 Å². The molecule has 3 fully saturated rings. The summed E-state index contributed by atoms with van der Waals surface area (Å²) in [5.74, 6) is 1.78. The molecule has 3 aliphatic rings. The van der Waals surface area contributed by atoms with Crippen molar-refractivity contribution in [2.75, 3.05) is 45.4 Å². The summed E-state index contributed by atoms with van der Waals surface area (Å²) < 4.78 is 25.4. The van der Waals surface area contributed by atoms with E-state index in [0.717, 1.165) is 42.9 Å². The molecule has 2 saturated heterocycles. The van der Waals surface area contributed by atoms with Gasteiger partial charge in [-0.25, -0.2) is 9.97 Å². The maximum Gasteiger partial charge on any atom is 0.256 e. The number of morpholine rings is 1. The molecular formula is C34H47ClN8O4. The molecule has 47 heavy (non-hydrogen) atoms. The second kappa shape index (κ2) is 15.6. The summed E-state index contributed by atoms with van der Waals surface area (Å²) in [6.07, 6.45) is 13.7. The molecule has 0 amide bonds. The molecule has 0 radical (unpaired) electrons. The van der Waals surface area contributed by atoms with Crippen molar-refractivity contribution in [3.8, 4) is 22.8 Å². The van der Waals surface area contributed by atoms with Crippen molar-refractivity contribution in [3.05, 3.63) is 41.8 Å². The van der Waals surface area contributed by atoms with Crippen LogP contribution >= 0.6 is 11.6 Å². The average Bonchev–Trinajstić information content (AvgIpc) is 3.60. The van der Waals surface area contributed by atoms with Gasteiger partial charge in [-0.2, -0.15) is 0 Å². The summed E-state index contributed by atoms with van der Waals surface area (Å²) in [6.45, 7) is 7.31. The van der Waals surface area contributed by atoms with Crippen molar-refractivity contribution in [1.82, 2.24) is 24.6 Å². The third-order valence-electron chi connectivity index (χ3n) is 9.37. The standard InChI is InChI=1S/C34H47ClN8O4/c1-22(17-44-3)18-46-33-31(16-42(41-33)26-5-7-27(8-6-26)43-28-9-10-29(43)20-45-19-28)40-34-38-14-25(15-39-34)24-4-11-30(35)32(12-24)47-23(2)13-37-21-36/h4,11-12,14-16,21-23,26-29H,5-10,13,17-20H2,1-3H3,(H2,36,37)(H,38,39,40)/t22?,23-,26?,27?,28-,29+/m0/s1. The molecule has 1 aliphatic carbocycles. The number of aromatic nitrogens is 4. The Kier molecular flexibility index (Phi) is 11.1. The van der Waals surface area contributed by atoms with E-state index in [9.17, 15) is 0 Å². The Labute approximate surface area is 282 Å². The van der Waals surface area contributed by atoms with Crippen LogP contribution in [-0.2, 0) is 9.47 Å². The van der Waals surface area contributed by atoms with Crippen LogP contribution < -0.4 is 20.5 Å². The summed E-state index contributed by atoms with van der Waals surface area (Å²) in [4.78, 5) is 16.1. The van der Waals surface area contributed by atoms with E-state index in [1.807, 2.05) is 25.3 Å². The van der Waals surface area contributed by atoms with Gasteiger partial charge in [-0.15, -0.1) is 5.10 Å². The van der Waals surface area contributed by atoms with Crippen molar-refractivity contribution in [3.63, 3.8) is 0 Å². The van der Waals surface area contributed by atoms with E-state index in [1.54, 1.807) is 25.6 Å². The van der Waals surface area contributed by atoms with Gasteiger partial charge in [0.2, 0.25) is 5.95 Å². The van der Waals surface area contributed by atoms with Gasteiger partial charge >= 0.3 is 0 Å². The summed E-state index contributed by atoms with van der Waals surface area (Å²) in [5, 5.41) is 8.80. The molecule has 1 unspecified atom stereocenters. The zero-order chi connectivity index (χ0) is 32.8. The molecule has 12 nitrogen and oxygen atoms in total. The minimum absolute atomic E-state index is 0.185. The summed E-state index contributed by atoms with van der Waals surface area (Å²) in [7, 11) is 1.70. The van der Waals surface area contributed by atoms with Crippen LogP contribution in [0, 0.1) is 5.92 Å². The number of ether oxygens (including phenoxy) is 4. The molecule has 2 bridgehead atoms. The Morgan fingerprint density at radius 3 is 2.43 bits per heavy atom. The molecule has 13 heteroatoms. The van der Waals surface area contributed by atoms with Gasteiger partial charge in [0.15, 0.2) is 0 Å². The van der Waals surface area contributed by atoms with Crippen molar-refractivity contribution >= 4 is 29.6 Å². The fraction of sp³-hybridized carbons (Fsp3) is 0.588. The Hall–Kier alpha value is -3.45. The first-order valence-corrected chi connectivity index (χ1v) is 17.1. The highest BCUT2D eigenvalue weighted by molar-refractivity contribution is 6.32. The zero-order valence-electron chi connectivity index (χ0n) is 27.6. The van der Waals surface area contributed by atoms with Crippen LogP contribution in [0.15, 0.2) is 41.8 Å². The minimum Gasteiger partial charge on any atom is -0.487 e. The number of rotatable bonds is 14. The van der Waals surface area contributed by atoms with E-state index in [0.29, 0.717) is 66.5 Å². The number of aliphatic imine (C=N–C) groups is 1. The highest BCUT2D eigenvalue weighted by Crippen LogP contribution is 2.39. The highest BCUT2D eigenvalue weighted by atomic mass is 35.5. The van der Waals surface area contributed by atoms with Crippen molar-refractivity contribution in [2.24, 2.45) is 16.6 Å². The first-order valence-electron chi connectivity index (χ1n) is 16.7. The van der Waals surface area contributed by atoms with Gasteiger partial charge in [0.25, 0.3) is 5.88 Å². The Balaban J connectivity index is 1.14. The predicted molar refractivity (Wildman–Crippen MR) is 183 cm³/mol. The Bertz CT molecular complexity index is 1460. The number of anilines is 2. The SMILES string of the molecule is COCC(C)COc1nn(C2CCC(N3[C@@H]4CC[C@H]3COC4)CC2)cc1Nc1ncc(-c2ccc(Cl)c(O[C@@H](C)CN=CN)c2)cn1. The fourth-order valence-corrected chi connectivity index (χ4v) is 7.25. The lowest BCUT2D eigenvalue weighted by Gasteiger charge is -2.43. The zero-order valence-corrected chi connectivity index (χ0v) is 28.3. The van der Waals surface area contributed by atoms with Crippen molar-refractivity contribution in [1.29, 1.82) is 0 Å². The van der Waals surface area contributed by atoms with E-state index >= 15 is 0 Å². The maximum absolute atomic E-state index is 6.41. The second-order valence-corrected chi connectivity index (χ2v) is 13.4. The normalized spacial score (nSPS) is 24.3. The number of fused-ring (bicyclic) bond motifs is 2. The predicted octanol–water partition coefficient (Wildman–Crippen LogP) is 5.50. The van der Waals surface area contributed by atoms with Gasteiger partial charge in [0.05, 0.1) is 56.6 Å². The lowest BCUT2D eigenvalue weighted by Crippen LogP contribution is -2.52. The summed E-state index contributed by atoms with van der Waals surface area (Å²) in [5.41, 5.74) is 7.82. The second-order valence-electron chi connectivity index (χ2n) is 13.0. The third-order valence-corrected chi connectivity index (χ3v) is 9.68. The van der Waals surface area contributed by atoms with Crippen LogP contribution in [0.5, 0.6) is 11.6 Å². The lowest BCUT2D eigenvalue weighted by atomic mass is 9.89. The molecule has 6 rings (SSSR count). The third kappa shape index (κ3) is 8.17. The van der Waals surface area contributed by atoms with Gasteiger partial charge in [0, 0.05) is 49.1 Å². The molecule has 1 aromatic carbocycles. The number of methoxy groups -OCH3 is 1. The van der Waals surface area contributed by atoms with Crippen LogP contribution in [0.2, 0.25) is 5.02 Å². The van der Waals surface area contributed by atoms with Gasteiger partial charge in [-0.3, -0.25) is 14.6 Å². The monoisotopic (exact) mass is 666 g/mol. The number of hydrogen-bond acceptors (Lipinski definition) is 10. The van der Waals surface area contributed by atoms with E-state index in [1.165, 1.54) is 32.0 Å². The number of nitrogens with one attached hydrogen (secondary N) is 1. The van der Waals surface area contributed by atoms with E-state index < -0.39 is 0 Å². The highest BCUT2D eigenvalue weighted by Gasteiger charge is 2.42. The molecule has 2 aromatic heterocycles. The van der Waals surface area contributed by atoms with Gasteiger partial charge in [-0.05, 0) is 63.1 Å². The lowest BCUT2D eigenvalue weighted by molar-refractivity contribution is -0.0458. The topological polar surface area (TPSA) is 134 Å². The van der Waals surface area contributed by atoms with E-state index in [-0.39, 0.29) is 12.0 Å². The van der Waals surface area contributed by atoms with Gasteiger partial charge in [0.1, 0.15) is 17.5 Å². The fourth-order valence-electron chi connectivity index (χ4n) is 7.08. The van der Waals surface area contributed by atoms with E-state index in [2.05, 4.69) is 36.8 Å². The van der Waals surface area contributed by atoms with Crippen molar-refractivity contribution < 1.29 is 18.9 Å².